The molecular formula is C15H20F3N3O2. The van der Waals surface area contributed by atoms with E-state index >= 15 is 0 Å². The zero-order valence-corrected chi connectivity index (χ0v) is 12.9. The van der Waals surface area contributed by atoms with Crippen LogP contribution in [0, 0.1) is 5.92 Å². The molecule has 23 heavy (non-hydrogen) atoms. The Labute approximate surface area is 132 Å². The van der Waals surface area contributed by atoms with Crippen molar-refractivity contribution in [3.05, 3.63) is 23.9 Å². The van der Waals surface area contributed by atoms with Crippen molar-refractivity contribution >= 4 is 11.7 Å². The molecule has 1 aromatic heterocycles. The van der Waals surface area contributed by atoms with Crippen LogP contribution < -0.4 is 4.90 Å². The number of anilines is 1. The molecular weight excluding hydrogens is 311 g/mol. The maximum atomic E-state index is 13.1. The zero-order valence-electron chi connectivity index (χ0n) is 12.9. The van der Waals surface area contributed by atoms with Crippen LogP contribution >= 0.6 is 0 Å². The Morgan fingerprint density at radius 3 is 2.91 bits per heavy atom. The summed E-state index contributed by atoms with van der Waals surface area (Å²) < 4.78 is 39.4. The van der Waals surface area contributed by atoms with Crippen LogP contribution in [0.25, 0.3) is 0 Å². The number of hydrogen-bond acceptors (Lipinski definition) is 4. The third-order valence-corrected chi connectivity index (χ3v) is 3.97. The number of carbonyl (C=O) groups excluding carboxylic acids is 1. The summed E-state index contributed by atoms with van der Waals surface area (Å²) in [6.45, 7) is 0.714. The SMILES string of the molecule is CN(CCO)C(=O)C1CCCN(c2ncccc2C(F)(F)F)C1. The number of aliphatic hydroxyl groups excluding tert-OH is 1. The smallest absolute Gasteiger partial charge is 0.395 e. The molecule has 0 saturated carbocycles. The van der Waals surface area contributed by atoms with Crippen molar-refractivity contribution in [3.63, 3.8) is 0 Å². The summed E-state index contributed by atoms with van der Waals surface area (Å²) in [4.78, 5) is 19.1. The standard InChI is InChI=1S/C15H20F3N3O2/c1-20(8-9-22)14(23)11-4-3-7-21(10-11)13-12(15(16,17)18)5-2-6-19-13/h2,5-6,11,22H,3-4,7-10H2,1H3. The van der Waals surface area contributed by atoms with Gasteiger partial charge in [0.05, 0.1) is 18.1 Å². The molecule has 5 nitrogen and oxygen atoms in total. The number of aliphatic hydroxyl groups is 1. The minimum absolute atomic E-state index is 0.123. The Kier molecular flexibility index (Phi) is 5.46. The Bertz CT molecular complexity index is 551. The molecule has 2 rings (SSSR count). The van der Waals surface area contributed by atoms with Crippen molar-refractivity contribution in [1.29, 1.82) is 0 Å². The summed E-state index contributed by atoms with van der Waals surface area (Å²) in [5, 5.41) is 8.90. The number of nitrogens with zero attached hydrogens (tertiary/aromatic N) is 3. The Morgan fingerprint density at radius 2 is 2.26 bits per heavy atom. The summed E-state index contributed by atoms with van der Waals surface area (Å²) in [6, 6.07) is 2.26. The van der Waals surface area contributed by atoms with E-state index in [4.69, 9.17) is 5.11 Å². The number of amides is 1. The van der Waals surface area contributed by atoms with Gasteiger partial charge in [0.15, 0.2) is 0 Å². The number of halogens is 3. The summed E-state index contributed by atoms with van der Waals surface area (Å²) in [6.07, 6.45) is -1.90. The van der Waals surface area contributed by atoms with Gasteiger partial charge in [0.2, 0.25) is 5.91 Å². The molecule has 8 heteroatoms. The average Bonchev–Trinajstić information content (AvgIpc) is 2.53. The van der Waals surface area contributed by atoms with Gasteiger partial charge in [-0.05, 0) is 25.0 Å². The van der Waals surface area contributed by atoms with E-state index in [1.165, 1.54) is 22.1 Å². The van der Waals surface area contributed by atoms with E-state index in [2.05, 4.69) is 4.98 Å². The Hall–Kier alpha value is -1.83. The molecule has 1 unspecified atom stereocenters. The molecule has 0 aliphatic carbocycles. The minimum atomic E-state index is -4.48. The van der Waals surface area contributed by atoms with E-state index in [0.29, 0.717) is 19.4 Å². The van der Waals surface area contributed by atoms with Crippen LogP contribution in [-0.2, 0) is 11.0 Å². The molecule has 1 saturated heterocycles. The van der Waals surface area contributed by atoms with Crippen molar-refractivity contribution in [2.24, 2.45) is 5.92 Å². The first-order valence-electron chi connectivity index (χ1n) is 7.47. The quantitative estimate of drug-likeness (QED) is 0.914. The number of carbonyl (C=O) groups is 1. The molecule has 2 heterocycles. The van der Waals surface area contributed by atoms with Crippen molar-refractivity contribution in [3.8, 4) is 0 Å². The first-order chi connectivity index (χ1) is 10.8. The highest BCUT2D eigenvalue weighted by Crippen LogP contribution is 2.36. The van der Waals surface area contributed by atoms with Crippen molar-refractivity contribution < 1.29 is 23.1 Å². The number of aromatic nitrogens is 1. The number of piperidine rings is 1. The van der Waals surface area contributed by atoms with E-state index < -0.39 is 11.7 Å². The number of alkyl halides is 3. The highest BCUT2D eigenvalue weighted by molar-refractivity contribution is 5.79. The predicted octanol–water partition coefficient (Wildman–Crippen LogP) is 1.77. The molecule has 0 bridgehead atoms. The lowest BCUT2D eigenvalue weighted by Gasteiger charge is -2.35. The highest BCUT2D eigenvalue weighted by Gasteiger charge is 2.37. The maximum Gasteiger partial charge on any atom is 0.419 e. The van der Waals surface area contributed by atoms with E-state index in [-0.39, 0.29) is 37.3 Å². The van der Waals surface area contributed by atoms with E-state index in [1.54, 1.807) is 7.05 Å². The molecule has 1 aliphatic heterocycles. The topological polar surface area (TPSA) is 56.7 Å². The average molecular weight is 331 g/mol. The predicted molar refractivity (Wildman–Crippen MR) is 78.9 cm³/mol. The second-order valence-electron chi connectivity index (χ2n) is 5.64. The van der Waals surface area contributed by atoms with Crippen LogP contribution in [0.15, 0.2) is 18.3 Å². The van der Waals surface area contributed by atoms with Gasteiger partial charge in [-0.1, -0.05) is 0 Å². The van der Waals surface area contributed by atoms with Gasteiger partial charge in [0.25, 0.3) is 0 Å². The second kappa shape index (κ2) is 7.16. The Morgan fingerprint density at radius 1 is 1.52 bits per heavy atom. The fraction of sp³-hybridized carbons (Fsp3) is 0.600. The molecule has 1 fully saturated rings. The van der Waals surface area contributed by atoms with Gasteiger partial charge >= 0.3 is 6.18 Å². The molecule has 1 amide bonds. The molecule has 0 spiro atoms. The number of pyridine rings is 1. The lowest BCUT2D eigenvalue weighted by molar-refractivity contribution is -0.137. The van der Waals surface area contributed by atoms with Gasteiger partial charge < -0.3 is 14.9 Å². The van der Waals surface area contributed by atoms with Crippen LogP contribution in [-0.4, -0.2) is 54.2 Å². The van der Waals surface area contributed by atoms with Crippen LogP contribution in [0.4, 0.5) is 19.0 Å². The number of rotatable bonds is 4. The van der Waals surface area contributed by atoms with Crippen LogP contribution in [0.2, 0.25) is 0 Å². The van der Waals surface area contributed by atoms with Crippen LogP contribution in [0.1, 0.15) is 18.4 Å². The van der Waals surface area contributed by atoms with E-state index in [9.17, 15) is 18.0 Å². The first-order valence-corrected chi connectivity index (χ1v) is 7.47. The number of hydrogen-bond donors (Lipinski definition) is 1. The molecule has 128 valence electrons. The third kappa shape index (κ3) is 4.13. The van der Waals surface area contributed by atoms with Gasteiger partial charge in [0.1, 0.15) is 5.82 Å². The molecule has 1 aliphatic rings. The van der Waals surface area contributed by atoms with Crippen molar-refractivity contribution in [1.82, 2.24) is 9.88 Å². The summed E-state index contributed by atoms with van der Waals surface area (Å²) in [5.41, 5.74) is -0.781. The summed E-state index contributed by atoms with van der Waals surface area (Å²) in [5.74, 6) is -0.668. The van der Waals surface area contributed by atoms with Crippen LogP contribution in [0.5, 0.6) is 0 Å². The normalized spacial score (nSPS) is 18.8. The fourth-order valence-corrected chi connectivity index (χ4v) is 2.81. The monoisotopic (exact) mass is 331 g/mol. The maximum absolute atomic E-state index is 13.1. The zero-order chi connectivity index (χ0) is 17.0. The van der Waals surface area contributed by atoms with Gasteiger partial charge in [0, 0.05) is 32.9 Å². The summed E-state index contributed by atoms with van der Waals surface area (Å²) >= 11 is 0. The molecule has 0 radical (unpaired) electrons. The molecule has 1 aromatic rings. The third-order valence-electron chi connectivity index (χ3n) is 3.97. The minimum Gasteiger partial charge on any atom is -0.395 e. The van der Waals surface area contributed by atoms with E-state index in [1.807, 2.05) is 0 Å². The van der Waals surface area contributed by atoms with Crippen molar-refractivity contribution in [2.45, 2.75) is 19.0 Å². The Balaban J connectivity index is 2.18. The lowest BCUT2D eigenvalue weighted by Crippen LogP contribution is -2.45. The lowest BCUT2D eigenvalue weighted by atomic mass is 9.96. The van der Waals surface area contributed by atoms with Gasteiger partial charge in [-0.15, -0.1) is 0 Å². The second-order valence-corrected chi connectivity index (χ2v) is 5.64. The van der Waals surface area contributed by atoms with Gasteiger partial charge in [-0.2, -0.15) is 13.2 Å². The molecule has 0 aromatic carbocycles. The molecule has 1 atom stereocenters. The highest BCUT2D eigenvalue weighted by atomic mass is 19.4. The van der Waals surface area contributed by atoms with Gasteiger partial charge in [-0.3, -0.25) is 4.79 Å². The fourth-order valence-electron chi connectivity index (χ4n) is 2.81. The van der Waals surface area contributed by atoms with E-state index in [0.717, 1.165) is 6.07 Å². The first kappa shape index (κ1) is 17.5. The van der Waals surface area contributed by atoms with Gasteiger partial charge in [-0.25, -0.2) is 4.98 Å². The summed E-state index contributed by atoms with van der Waals surface area (Å²) in [7, 11) is 1.58. The molecule has 1 N–H and O–H groups in total. The number of likely N-dealkylation sites (N-methyl/N-ethyl adjacent to an activating group) is 1. The largest absolute Gasteiger partial charge is 0.419 e. The van der Waals surface area contributed by atoms with Crippen molar-refractivity contribution in [2.75, 3.05) is 38.2 Å². The van der Waals surface area contributed by atoms with Crippen LogP contribution in [0.3, 0.4) is 0 Å².